The Morgan fingerprint density at radius 3 is 2.31 bits per heavy atom. The number of rotatable bonds is 2. The number of hydrogen-bond donors (Lipinski definition) is 1. The second-order valence-electron chi connectivity index (χ2n) is 4.25. The Kier molecular flexibility index (Phi) is 3.57. The van der Waals surface area contributed by atoms with Crippen LogP contribution in [0.4, 0.5) is 0 Å². The number of nitrogens with zero attached hydrogens (tertiary/aromatic N) is 1. The molecule has 1 aliphatic rings. The van der Waals surface area contributed by atoms with E-state index in [2.05, 4.69) is 0 Å². The number of hydrogen-bond acceptors (Lipinski definition) is 2. The Balaban J connectivity index is 2.07. The van der Waals surface area contributed by atoms with E-state index in [0.29, 0.717) is 6.54 Å². The van der Waals surface area contributed by atoms with Gasteiger partial charge < -0.3 is 10.6 Å². The zero-order chi connectivity index (χ0) is 11.4. The molecule has 0 atom stereocenters. The maximum atomic E-state index is 12.1. The molecule has 0 aliphatic carbocycles. The largest absolute Gasteiger partial charge is 0.339 e. The second-order valence-corrected chi connectivity index (χ2v) is 4.25. The van der Waals surface area contributed by atoms with Crippen molar-refractivity contribution in [3.8, 4) is 0 Å². The lowest BCUT2D eigenvalue weighted by atomic mass is 10.1. The van der Waals surface area contributed by atoms with Crippen molar-refractivity contribution in [2.75, 3.05) is 13.1 Å². The van der Waals surface area contributed by atoms with Gasteiger partial charge in [-0.1, -0.05) is 12.1 Å². The molecule has 0 spiro atoms. The molecule has 0 bridgehead atoms. The van der Waals surface area contributed by atoms with Gasteiger partial charge in [-0.3, -0.25) is 4.79 Å². The Labute approximate surface area is 96.2 Å². The third-order valence-corrected chi connectivity index (χ3v) is 3.08. The number of carbonyl (C=O) groups is 1. The summed E-state index contributed by atoms with van der Waals surface area (Å²) in [5, 5.41) is 0. The molecule has 0 saturated carbocycles. The van der Waals surface area contributed by atoms with E-state index in [0.717, 1.165) is 37.1 Å². The van der Waals surface area contributed by atoms with Crippen LogP contribution in [0.5, 0.6) is 0 Å². The van der Waals surface area contributed by atoms with Crippen molar-refractivity contribution in [2.24, 2.45) is 5.73 Å². The van der Waals surface area contributed by atoms with E-state index in [1.54, 1.807) is 0 Å². The molecule has 1 heterocycles. The maximum absolute atomic E-state index is 12.1. The molecule has 3 nitrogen and oxygen atoms in total. The highest BCUT2D eigenvalue weighted by Crippen LogP contribution is 2.13. The smallest absolute Gasteiger partial charge is 0.253 e. The third-order valence-electron chi connectivity index (χ3n) is 3.08. The highest BCUT2D eigenvalue weighted by Gasteiger charge is 2.17. The lowest BCUT2D eigenvalue weighted by Gasteiger charge is -2.26. The first-order valence-electron chi connectivity index (χ1n) is 5.89. The van der Waals surface area contributed by atoms with E-state index in [1.807, 2.05) is 29.2 Å². The van der Waals surface area contributed by atoms with E-state index in [9.17, 15) is 4.79 Å². The van der Waals surface area contributed by atoms with Gasteiger partial charge in [0.05, 0.1) is 0 Å². The van der Waals surface area contributed by atoms with E-state index in [1.165, 1.54) is 6.42 Å². The summed E-state index contributed by atoms with van der Waals surface area (Å²) in [7, 11) is 0. The second kappa shape index (κ2) is 5.12. The van der Waals surface area contributed by atoms with Crippen LogP contribution in [0.3, 0.4) is 0 Å². The summed E-state index contributed by atoms with van der Waals surface area (Å²) >= 11 is 0. The maximum Gasteiger partial charge on any atom is 0.253 e. The van der Waals surface area contributed by atoms with Crippen LogP contribution >= 0.6 is 0 Å². The van der Waals surface area contributed by atoms with Gasteiger partial charge >= 0.3 is 0 Å². The van der Waals surface area contributed by atoms with Gasteiger partial charge in [-0.05, 0) is 37.0 Å². The summed E-state index contributed by atoms with van der Waals surface area (Å²) in [6.45, 7) is 2.33. The van der Waals surface area contributed by atoms with Crippen LogP contribution in [0.25, 0.3) is 0 Å². The average molecular weight is 218 g/mol. The molecule has 0 unspecified atom stereocenters. The normalized spacial score (nSPS) is 16.2. The van der Waals surface area contributed by atoms with Crippen LogP contribution in [0.15, 0.2) is 24.3 Å². The molecular formula is C13H18N2O. The van der Waals surface area contributed by atoms with Crippen LogP contribution in [-0.2, 0) is 6.54 Å². The van der Waals surface area contributed by atoms with Crippen molar-refractivity contribution in [3.63, 3.8) is 0 Å². The number of amides is 1. The summed E-state index contributed by atoms with van der Waals surface area (Å²) in [6.07, 6.45) is 3.51. The minimum absolute atomic E-state index is 0.156. The van der Waals surface area contributed by atoms with Crippen molar-refractivity contribution < 1.29 is 4.79 Å². The van der Waals surface area contributed by atoms with Crippen molar-refractivity contribution >= 4 is 5.91 Å². The summed E-state index contributed by atoms with van der Waals surface area (Å²) in [5.41, 5.74) is 7.37. The highest BCUT2D eigenvalue weighted by molar-refractivity contribution is 5.94. The van der Waals surface area contributed by atoms with Crippen molar-refractivity contribution in [1.82, 2.24) is 4.90 Å². The fourth-order valence-corrected chi connectivity index (χ4v) is 2.06. The molecule has 1 fully saturated rings. The molecule has 3 heteroatoms. The molecule has 1 aliphatic heterocycles. The molecule has 2 rings (SSSR count). The number of carbonyl (C=O) groups excluding carboxylic acids is 1. The Morgan fingerprint density at radius 2 is 1.75 bits per heavy atom. The SMILES string of the molecule is NCc1ccc(C(=O)N2CCCCC2)cc1. The predicted octanol–water partition coefficient (Wildman–Crippen LogP) is 1.77. The van der Waals surface area contributed by atoms with Gasteiger partial charge in [-0.15, -0.1) is 0 Å². The number of nitrogens with two attached hydrogens (primary N) is 1. The molecular weight excluding hydrogens is 200 g/mol. The van der Waals surface area contributed by atoms with Gasteiger partial charge in [0.25, 0.3) is 5.91 Å². The predicted molar refractivity (Wildman–Crippen MR) is 64.1 cm³/mol. The molecule has 1 aromatic carbocycles. The van der Waals surface area contributed by atoms with Gasteiger partial charge in [0.2, 0.25) is 0 Å². The molecule has 16 heavy (non-hydrogen) atoms. The third kappa shape index (κ3) is 2.42. The standard InChI is InChI=1S/C13H18N2O/c14-10-11-4-6-12(7-5-11)13(16)15-8-2-1-3-9-15/h4-7H,1-3,8-10,14H2. The van der Waals surface area contributed by atoms with Crippen LogP contribution in [0.1, 0.15) is 35.2 Å². The Hall–Kier alpha value is -1.35. The minimum Gasteiger partial charge on any atom is -0.339 e. The fraction of sp³-hybridized carbons (Fsp3) is 0.462. The summed E-state index contributed by atoms with van der Waals surface area (Å²) in [6, 6.07) is 7.60. The van der Waals surface area contributed by atoms with Crippen molar-refractivity contribution in [2.45, 2.75) is 25.8 Å². The minimum atomic E-state index is 0.156. The van der Waals surface area contributed by atoms with Crippen molar-refractivity contribution in [3.05, 3.63) is 35.4 Å². The van der Waals surface area contributed by atoms with Crippen LogP contribution in [-0.4, -0.2) is 23.9 Å². The quantitative estimate of drug-likeness (QED) is 0.822. The first-order valence-corrected chi connectivity index (χ1v) is 5.89. The Morgan fingerprint density at radius 1 is 1.12 bits per heavy atom. The zero-order valence-corrected chi connectivity index (χ0v) is 9.48. The number of piperidine rings is 1. The van der Waals surface area contributed by atoms with Gasteiger partial charge in [0, 0.05) is 25.2 Å². The van der Waals surface area contributed by atoms with Crippen molar-refractivity contribution in [1.29, 1.82) is 0 Å². The van der Waals surface area contributed by atoms with Gasteiger partial charge in [0.1, 0.15) is 0 Å². The molecule has 1 aromatic rings. The first kappa shape index (κ1) is 11.1. The molecule has 1 saturated heterocycles. The highest BCUT2D eigenvalue weighted by atomic mass is 16.2. The van der Waals surface area contributed by atoms with Crippen LogP contribution in [0.2, 0.25) is 0 Å². The lowest BCUT2D eigenvalue weighted by molar-refractivity contribution is 0.0724. The van der Waals surface area contributed by atoms with E-state index in [4.69, 9.17) is 5.73 Å². The van der Waals surface area contributed by atoms with E-state index in [-0.39, 0.29) is 5.91 Å². The van der Waals surface area contributed by atoms with E-state index < -0.39 is 0 Å². The topological polar surface area (TPSA) is 46.3 Å². The van der Waals surface area contributed by atoms with Gasteiger partial charge in [0.15, 0.2) is 0 Å². The lowest BCUT2D eigenvalue weighted by Crippen LogP contribution is -2.35. The fourth-order valence-electron chi connectivity index (χ4n) is 2.06. The van der Waals surface area contributed by atoms with Crippen LogP contribution < -0.4 is 5.73 Å². The van der Waals surface area contributed by atoms with Crippen LogP contribution in [0, 0.1) is 0 Å². The van der Waals surface area contributed by atoms with Gasteiger partial charge in [-0.2, -0.15) is 0 Å². The summed E-state index contributed by atoms with van der Waals surface area (Å²) in [4.78, 5) is 14.0. The van der Waals surface area contributed by atoms with E-state index >= 15 is 0 Å². The zero-order valence-electron chi connectivity index (χ0n) is 9.48. The monoisotopic (exact) mass is 218 g/mol. The number of likely N-dealkylation sites (tertiary alicyclic amines) is 1. The molecule has 86 valence electrons. The first-order chi connectivity index (χ1) is 7.81. The summed E-state index contributed by atoms with van der Waals surface area (Å²) < 4.78 is 0. The van der Waals surface area contributed by atoms with Gasteiger partial charge in [-0.25, -0.2) is 0 Å². The molecule has 0 aromatic heterocycles. The number of benzene rings is 1. The Bertz CT molecular complexity index is 353. The summed E-state index contributed by atoms with van der Waals surface area (Å²) in [5.74, 6) is 0.156. The average Bonchev–Trinajstić information content (AvgIpc) is 2.39. The molecule has 1 amide bonds. The molecule has 2 N–H and O–H groups in total. The molecule has 0 radical (unpaired) electrons.